The van der Waals surface area contributed by atoms with Crippen molar-refractivity contribution in [2.45, 2.75) is 31.2 Å². The van der Waals surface area contributed by atoms with Crippen molar-refractivity contribution in [1.82, 2.24) is 15.1 Å². The fraction of sp³-hybridized carbons (Fsp3) is 0.273. The molecule has 8 heteroatoms. The van der Waals surface area contributed by atoms with Crippen molar-refractivity contribution >= 4 is 23.2 Å². The van der Waals surface area contributed by atoms with Crippen LogP contribution in [0, 0.1) is 11.3 Å². The lowest BCUT2D eigenvalue weighted by atomic mass is 10.00. The second-order valence-corrected chi connectivity index (χ2v) is 8.11. The smallest absolute Gasteiger partial charge is 0.357 e. The molecule has 0 bridgehead atoms. The van der Waals surface area contributed by atoms with E-state index in [4.69, 9.17) is 4.74 Å². The van der Waals surface area contributed by atoms with Gasteiger partial charge in [-0.1, -0.05) is 24.3 Å². The number of thiophene rings is 1. The highest BCUT2D eigenvalue weighted by molar-refractivity contribution is 7.13. The lowest BCUT2D eigenvalue weighted by Gasteiger charge is -2.21. The highest BCUT2D eigenvalue weighted by Gasteiger charge is 2.35. The van der Waals surface area contributed by atoms with Gasteiger partial charge >= 0.3 is 5.97 Å². The summed E-state index contributed by atoms with van der Waals surface area (Å²) < 4.78 is 6.78. The van der Waals surface area contributed by atoms with E-state index >= 15 is 0 Å². The Morgan fingerprint density at radius 2 is 1.97 bits per heavy atom. The minimum atomic E-state index is -0.846. The van der Waals surface area contributed by atoms with E-state index in [0.29, 0.717) is 24.2 Å². The van der Waals surface area contributed by atoms with E-state index in [-0.39, 0.29) is 5.69 Å². The molecule has 4 rings (SSSR count). The van der Waals surface area contributed by atoms with Gasteiger partial charge < -0.3 is 10.1 Å². The Bertz CT molecular complexity index is 1080. The van der Waals surface area contributed by atoms with E-state index in [1.165, 1.54) is 16.0 Å². The first-order valence-corrected chi connectivity index (χ1v) is 10.6. The molecule has 1 aromatic carbocycles. The van der Waals surface area contributed by atoms with Crippen LogP contribution in [0.5, 0.6) is 0 Å². The second-order valence-electron chi connectivity index (χ2n) is 7.16. The molecule has 0 spiro atoms. The lowest BCUT2D eigenvalue weighted by molar-refractivity contribution is -0.125. The van der Waals surface area contributed by atoms with Gasteiger partial charge in [-0.3, -0.25) is 4.79 Å². The first-order chi connectivity index (χ1) is 14.6. The quantitative estimate of drug-likeness (QED) is 0.613. The van der Waals surface area contributed by atoms with Crippen molar-refractivity contribution in [3.8, 4) is 22.3 Å². The third-order valence-corrected chi connectivity index (χ3v) is 5.97. The summed E-state index contributed by atoms with van der Waals surface area (Å²) in [5, 5.41) is 18.6. The van der Waals surface area contributed by atoms with Crippen LogP contribution in [0.2, 0.25) is 0 Å². The van der Waals surface area contributed by atoms with E-state index in [0.717, 1.165) is 17.7 Å². The fourth-order valence-corrected chi connectivity index (χ4v) is 4.27. The topological polar surface area (TPSA) is 97.0 Å². The number of aromatic nitrogens is 2. The highest BCUT2D eigenvalue weighted by atomic mass is 32.1. The van der Waals surface area contributed by atoms with Gasteiger partial charge in [0.1, 0.15) is 11.2 Å². The van der Waals surface area contributed by atoms with E-state index in [9.17, 15) is 14.9 Å². The average molecular weight is 420 g/mol. The average Bonchev–Trinajstić information content (AvgIpc) is 3.53. The van der Waals surface area contributed by atoms with Crippen molar-refractivity contribution < 1.29 is 14.3 Å². The molecule has 0 unspecified atom stereocenters. The number of hydrogen-bond acceptors (Lipinski definition) is 6. The molecule has 0 saturated heterocycles. The number of nitriles is 1. The van der Waals surface area contributed by atoms with E-state index in [2.05, 4.69) is 16.5 Å². The molecular formula is C22H20N4O3S. The Kier molecular flexibility index (Phi) is 5.63. The van der Waals surface area contributed by atoms with E-state index in [1.54, 1.807) is 6.07 Å². The number of para-hydroxylation sites is 1. The normalized spacial score (nSPS) is 14.8. The number of carbonyl (C=O) groups is 2. The molecule has 2 heterocycles. The van der Waals surface area contributed by atoms with Gasteiger partial charge in [0, 0.05) is 6.07 Å². The summed E-state index contributed by atoms with van der Waals surface area (Å²) in [6, 6.07) is 17.0. The van der Waals surface area contributed by atoms with Crippen LogP contribution in [0.1, 0.15) is 36.2 Å². The summed E-state index contributed by atoms with van der Waals surface area (Å²) in [5.41, 5.74) is 0.751. The first-order valence-electron chi connectivity index (χ1n) is 9.69. The molecule has 1 aliphatic carbocycles. The number of esters is 1. The third-order valence-electron chi connectivity index (χ3n) is 5.08. The maximum Gasteiger partial charge on any atom is 0.357 e. The van der Waals surface area contributed by atoms with Gasteiger partial charge in [-0.2, -0.15) is 10.4 Å². The third kappa shape index (κ3) is 4.11. The highest BCUT2D eigenvalue weighted by Crippen LogP contribution is 2.29. The second kappa shape index (κ2) is 8.51. The molecule has 0 aliphatic heterocycles. The van der Waals surface area contributed by atoms with Gasteiger partial charge in [0.15, 0.2) is 12.3 Å². The SMILES string of the molecule is N#CC1(NC(=O)COC(=O)c2cc(-c3cccs3)nn2-c2ccccc2)CCCC1. The number of rotatable bonds is 6. The Balaban J connectivity index is 1.52. The van der Waals surface area contributed by atoms with Gasteiger partial charge in [-0.15, -0.1) is 11.3 Å². The predicted octanol–water partition coefficient (Wildman–Crippen LogP) is 3.71. The number of hydrogen-bond donors (Lipinski definition) is 1. The van der Waals surface area contributed by atoms with Crippen LogP contribution in [-0.4, -0.2) is 33.8 Å². The number of nitrogens with zero attached hydrogens (tertiary/aromatic N) is 3. The maximum absolute atomic E-state index is 12.8. The molecular weight excluding hydrogens is 400 g/mol. The molecule has 2 aromatic heterocycles. The summed E-state index contributed by atoms with van der Waals surface area (Å²) in [6.45, 7) is -0.448. The molecule has 7 nitrogen and oxygen atoms in total. The zero-order valence-corrected chi connectivity index (χ0v) is 17.0. The van der Waals surface area contributed by atoms with Crippen LogP contribution in [0.15, 0.2) is 53.9 Å². The van der Waals surface area contributed by atoms with Crippen LogP contribution in [0.25, 0.3) is 16.3 Å². The molecule has 1 N–H and O–H groups in total. The minimum Gasteiger partial charge on any atom is -0.451 e. The number of nitrogens with one attached hydrogen (secondary N) is 1. The summed E-state index contributed by atoms with van der Waals surface area (Å²) in [6.07, 6.45) is 3.03. The standard InChI is InChI=1S/C22H20N4O3S/c23-15-22(10-4-5-11-22)24-20(27)14-29-21(28)18-13-17(19-9-6-12-30-19)25-26(18)16-7-2-1-3-8-16/h1-3,6-9,12-13H,4-5,10-11,14H2,(H,24,27). The zero-order chi connectivity index (χ0) is 21.0. The van der Waals surface area contributed by atoms with Crippen LogP contribution < -0.4 is 5.32 Å². The predicted molar refractivity (Wildman–Crippen MR) is 112 cm³/mol. The monoisotopic (exact) mass is 420 g/mol. The summed E-state index contributed by atoms with van der Waals surface area (Å²) >= 11 is 1.52. The van der Waals surface area contributed by atoms with Crippen molar-refractivity contribution in [3.05, 3.63) is 59.6 Å². The first kappa shape index (κ1) is 19.9. The Morgan fingerprint density at radius 1 is 1.20 bits per heavy atom. The Labute approximate surface area is 177 Å². The maximum atomic E-state index is 12.8. The van der Waals surface area contributed by atoms with Gasteiger partial charge in [0.05, 0.1) is 16.6 Å². The number of ether oxygens (including phenoxy) is 1. The minimum absolute atomic E-state index is 0.230. The number of carbonyl (C=O) groups excluding carboxylic acids is 2. The molecule has 30 heavy (non-hydrogen) atoms. The number of amides is 1. The molecule has 3 aromatic rings. The van der Waals surface area contributed by atoms with Crippen molar-refractivity contribution in [1.29, 1.82) is 5.26 Å². The summed E-state index contributed by atoms with van der Waals surface area (Å²) in [5.74, 6) is -1.13. The molecule has 0 atom stereocenters. The van der Waals surface area contributed by atoms with Crippen LogP contribution >= 0.6 is 11.3 Å². The largest absolute Gasteiger partial charge is 0.451 e. The van der Waals surface area contributed by atoms with Crippen LogP contribution in [0.3, 0.4) is 0 Å². The van der Waals surface area contributed by atoms with E-state index in [1.807, 2.05) is 47.8 Å². The molecule has 1 aliphatic rings. The Morgan fingerprint density at radius 3 is 2.63 bits per heavy atom. The van der Waals surface area contributed by atoms with Crippen LogP contribution in [0.4, 0.5) is 0 Å². The van der Waals surface area contributed by atoms with E-state index < -0.39 is 24.0 Å². The molecule has 1 amide bonds. The van der Waals surface area contributed by atoms with Gasteiger partial charge in [-0.25, -0.2) is 9.48 Å². The van der Waals surface area contributed by atoms with Gasteiger partial charge in [0.2, 0.25) is 0 Å². The Hall–Kier alpha value is -3.44. The summed E-state index contributed by atoms with van der Waals surface area (Å²) in [7, 11) is 0. The molecule has 152 valence electrons. The van der Waals surface area contributed by atoms with Crippen LogP contribution in [-0.2, 0) is 9.53 Å². The van der Waals surface area contributed by atoms with Gasteiger partial charge in [-0.05, 0) is 49.3 Å². The lowest BCUT2D eigenvalue weighted by Crippen LogP contribution is -2.46. The van der Waals surface area contributed by atoms with Gasteiger partial charge in [0.25, 0.3) is 5.91 Å². The molecule has 1 saturated carbocycles. The molecule has 0 radical (unpaired) electrons. The van der Waals surface area contributed by atoms with Crippen molar-refractivity contribution in [3.63, 3.8) is 0 Å². The zero-order valence-electron chi connectivity index (χ0n) is 16.2. The molecule has 1 fully saturated rings. The van der Waals surface area contributed by atoms with Crippen molar-refractivity contribution in [2.24, 2.45) is 0 Å². The van der Waals surface area contributed by atoms with Crippen molar-refractivity contribution in [2.75, 3.05) is 6.61 Å². The number of benzene rings is 1. The fourth-order valence-electron chi connectivity index (χ4n) is 3.59. The summed E-state index contributed by atoms with van der Waals surface area (Å²) in [4.78, 5) is 26.0.